The van der Waals surface area contributed by atoms with Crippen molar-refractivity contribution in [1.82, 2.24) is 4.98 Å². The van der Waals surface area contributed by atoms with Crippen LogP contribution in [0.4, 0.5) is 0 Å². The number of benzene rings is 1. The highest BCUT2D eigenvalue weighted by Crippen LogP contribution is 2.42. The maximum Gasteiger partial charge on any atom is 0.0488 e. The molecule has 2 aromatic rings. The minimum absolute atomic E-state index is 0.296. The smallest absolute Gasteiger partial charge is 0.0488 e. The van der Waals surface area contributed by atoms with Crippen molar-refractivity contribution in [2.45, 2.75) is 31.2 Å². The highest BCUT2D eigenvalue weighted by Gasteiger charge is 2.38. The molecule has 0 saturated heterocycles. The van der Waals surface area contributed by atoms with Crippen molar-refractivity contribution in [3.8, 4) is 0 Å². The standard InChI is InChI=1S/C16H17BrN2/c1-16(18,12-5-7-13(17)8-6-12)14-9-4-11-3-2-10-19-15(11)14/h2-3,5-8,10,14H,4,9,18H2,1H3. The van der Waals surface area contributed by atoms with Crippen LogP contribution >= 0.6 is 15.9 Å². The van der Waals surface area contributed by atoms with Crippen molar-refractivity contribution >= 4 is 15.9 Å². The minimum atomic E-state index is -0.375. The Labute approximate surface area is 122 Å². The van der Waals surface area contributed by atoms with E-state index in [0.29, 0.717) is 5.92 Å². The Morgan fingerprint density at radius 1 is 1.26 bits per heavy atom. The first-order chi connectivity index (χ1) is 9.09. The Morgan fingerprint density at radius 3 is 2.74 bits per heavy atom. The van der Waals surface area contributed by atoms with Crippen LogP contribution in [0.25, 0.3) is 0 Å². The maximum absolute atomic E-state index is 6.65. The van der Waals surface area contributed by atoms with Gasteiger partial charge in [0.25, 0.3) is 0 Å². The largest absolute Gasteiger partial charge is 0.321 e. The first-order valence-corrected chi connectivity index (χ1v) is 7.37. The quantitative estimate of drug-likeness (QED) is 0.916. The summed E-state index contributed by atoms with van der Waals surface area (Å²) in [6.07, 6.45) is 4.03. The average molecular weight is 317 g/mol. The fraction of sp³-hybridized carbons (Fsp3) is 0.312. The first-order valence-electron chi connectivity index (χ1n) is 6.58. The van der Waals surface area contributed by atoms with Gasteiger partial charge in [-0.25, -0.2) is 0 Å². The third-order valence-corrected chi connectivity index (χ3v) is 4.68. The molecule has 2 atom stereocenters. The zero-order valence-corrected chi connectivity index (χ0v) is 12.5. The lowest BCUT2D eigenvalue weighted by Crippen LogP contribution is -2.39. The summed E-state index contributed by atoms with van der Waals surface area (Å²) < 4.78 is 1.08. The third-order valence-electron chi connectivity index (χ3n) is 4.15. The van der Waals surface area contributed by atoms with E-state index in [1.165, 1.54) is 16.8 Å². The van der Waals surface area contributed by atoms with Crippen LogP contribution in [0, 0.1) is 0 Å². The van der Waals surface area contributed by atoms with Crippen LogP contribution in [0.1, 0.15) is 36.1 Å². The van der Waals surface area contributed by atoms with E-state index >= 15 is 0 Å². The zero-order valence-electron chi connectivity index (χ0n) is 10.9. The molecule has 0 radical (unpaired) electrons. The van der Waals surface area contributed by atoms with E-state index in [2.05, 4.69) is 58.2 Å². The van der Waals surface area contributed by atoms with Gasteiger partial charge in [0.15, 0.2) is 0 Å². The predicted octanol–water partition coefficient (Wildman–Crippen LogP) is 3.75. The molecule has 3 rings (SSSR count). The van der Waals surface area contributed by atoms with Crippen LogP contribution in [0.15, 0.2) is 47.1 Å². The Bertz CT molecular complexity index is 590. The summed E-state index contributed by atoms with van der Waals surface area (Å²) in [6, 6.07) is 12.5. The van der Waals surface area contributed by atoms with Gasteiger partial charge in [-0.1, -0.05) is 34.1 Å². The second-order valence-corrected chi connectivity index (χ2v) is 6.34. The number of nitrogens with two attached hydrogens (primary N) is 1. The molecule has 1 aliphatic rings. The summed E-state index contributed by atoms with van der Waals surface area (Å²) in [6.45, 7) is 2.12. The van der Waals surface area contributed by atoms with Crippen molar-refractivity contribution in [2.75, 3.05) is 0 Å². The number of rotatable bonds is 2. The van der Waals surface area contributed by atoms with Crippen LogP contribution in [-0.4, -0.2) is 4.98 Å². The summed E-state index contributed by atoms with van der Waals surface area (Å²) in [5.74, 6) is 0.296. The van der Waals surface area contributed by atoms with E-state index < -0.39 is 0 Å². The van der Waals surface area contributed by atoms with Crippen LogP contribution in [0.3, 0.4) is 0 Å². The van der Waals surface area contributed by atoms with Gasteiger partial charge in [-0.15, -0.1) is 0 Å². The average Bonchev–Trinajstić information content (AvgIpc) is 2.83. The number of hydrogen-bond donors (Lipinski definition) is 1. The molecule has 0 fully saturated rings. The number of pyridine rings is 1. The van der Waals surface area contributed by atoms with Gasteiger partial charge in [-0.2, -0.15) is 0 Å². The minimum Gasteiger partial charge on any atom is -0.321 e. The number of aromatic nitrogens is 1. The van der Waals surface area contributed by atoms with Crippen LogP contribution < -0.4 is 5.73 Å². The van der Waals surface area contributed by atoms with Gasteiger partial charge in [-0.05, 0) is 49.1 Å². The predicted molar refractivity (Wildman–Crippen MR) is 81.0 cm³/mol. The van der Waals surface area contributed by atoms with Gasteiger partial charge >= 0.3 is 0 Å². The molecule has 3 heteroatoms. The number of hydrogen-bond acceptors (Lipinski definition) is 2. The Kier molecular flexibility index (Phi) is 3.19. The van der Waals surface area contributed by atoms with Gasteiger partial charge in [0, 0.05) is 27.8 Å². The van der Waals surface area contributed by atoms with Crippen LogP contribution in [0.5, 0.6) is 0 Å². The molecule has 2 nitrogen and oxygen atoms in total. The highest BCUT2D eigenvalue weighted by molar-refractivity contribution is 9.10. The third kappa shape index (κ3) is 2.21. The van der Waals surface area contributed by atoms with Crippen LogP contribution in [-0.2, 0) is 12.0 Å². The Balaban J connectivity index is 2.00. The monoisotopic (exact) mass is 316 g/mol. The van der Waals surface area contributed by atoms with Gasteiger partial charge in [-0.3, -0.25) is 4.98 Å². The summed E-state index contributed by atoms with van der Waals surface area (Å²) in [5, 5.41) is 0. The summed E-state index contributed by atoms with van der Waals surface area (Å²) in [7, 11) is 0. The lowest BCUT2D eigenvalue weighted by Gasteiger charge is -2.32. The number of nitrogens with zero attached hydrogens (tertiary/aromatic N) is 1. The molecule has 1 aromatic carbocycles. The maximum atomic E-state index is 6.65. The summed E-state index contributed by atoms with van der Waals surface area (Å²) >= 11 is 3.47. The van der Waals surface area contributed by atoms with Crippen molar-refractivity contribution in [3.05, 3.63) is 63.9 Å². The van der Waals surface area contributed by atoms with Crippen molar-refractivity contribution in [2.24, 2.45) is 5.73 Å². The fourth-order valence-electron chi connectivity index (χ4n) is 3.01. The van der Waals surface area contributed by atoms with E-state index in [0.717, 1.165) is 17.3 Å². The number of aryl methyl sites for hydroxylation is 1. The molecule has 98 valence electrons. The molecule has 0 aliphatic heterocycles. The van der Waals surface area contributed by atoms with Crippen molar-refractivity contribution in [3.63, 3.8) is 0 Å². The van der Waals surface area contributed by atoms with E-state index in [1.54, 1.807) is 0 Å². The van der Waals surface area contributed by atoms with E-state index in [-0.39, 0.29) is 5.54 Å². The number of fused-ring (bicyclic) bond motifs is 1. The lowest BCUT2D eigenvalue weighted by molar-refractivity contribution is 0.381. The molecular weight excluding hydrogens is 300 g/mol. The molecule has 0 bridgehead atoms. The molecule has 2 unspecified atom stereocenters. The zero-order chi connectivity index (χ0) is 13.5. The van der Waals surface area contributed by atoms with E-state index in [4.69, 9.17) is 5.73 Å². The normalized spacial score (nSPS) is 20.9. The van der Waals surface area contributed by atoms with Crippen molar-refractivity contribution in [1.29, 1.82) is 0 Å². The summed E-state index contributed by atoms with van der Waals surface area (Å²) in [4.78, 5) is 4.56. The molecule has 1 aromatic heterocycles. The Hall–Kier alpha value is -1.19. The van der Waals surface area contributed by atoms with Gasteiger partial charge in [0.2, 0.25) is 0 Å². The molecule has 1 heterocycles. The molecule has 0 amide bonds. The van der Waals surface area contributed by atoms with Gasteiger partial charge < -0.3 is 5.73 Å². The molecule has 2 N–H and O–H groups in total. The fourth-order valence-corrected chi connectivity index (χ4v) is 3.27. The second-order valence-electron chi connectivity index (χ2n) is 5.43. The number of halogens is 1. The molecule has 0 spiro atoms. The molecule has 0 saturated carbocycles. The second kappa shape index (κ2) is 4.73. The lowest BCUT2D eigenvalue weighted by atomic mass is 9.79. The topological polar surface area (TPSA) is 38.9 Å². The van der Waals surface area contributed by atoms with Gasteiger partial charge in [0.05, 0.1) is 0 Å². The molecule has 1 aliphatic carbocycles. The SMILES string of the molecule is CC(N)(c1ccc(Br)cc1)C1CCc2cccnc21. The molecule has 19 heavy (non-hydrogen) atoms. The van der Waals surface area contributed by atoms with E-state index in [9.17, 15) is 0 Å². The summed E-state index contributed by atoms with van der Waals surface area (Å²) in [5.41, 5.74) is 9.97. The Morgan fingerprint density at radius 2 is 2.00 bits per heavy atom. The molecular formula is C16H17BrN2. The van der Waals surface area contributed by atoms with Crippen molar-refractivity contribution < 1.29 is 0 Å². The first kappa shape index (κ1) is 12.8. The highest BCUT2D eigenvalue weighted by atomic mass is 79.9. The van der Waals surface area contributed by atoms with E-state index in [1.807, 2.05) is 12.3 Å². The van der Waals surface area contributed by atoms with Gasteiger partial charge in [0.1, 0.15) is 0 Å². The van der Waals surface area contributed by atoms with Crippen LogP contribution in [0.2, 0.25) is 0 Å².